The van der Waals surface area contributed by atoms with Crippen LogP contribution in [-0.4, -0.2) is 15.5 Å². The number of hydrogen-bond donors (Lipinski definition) is 1. The van der Waals surface area contributed by atoms with Crippen molar-refractivity contribution in [2.75, 3.05) is 0 Å². The summed E-state index contributed by atoms with van der Waals surface area (Å²) < 4.78 is 7.40. The molecule has 0 radical (unpaired) electrons. The molecule has 3 aromatic heterocycles. The zero-order valence-electron chi connectivity index (χ0n) is 13.9. The van der Waals surface area contributed by atoms with Crippen LogP contribution in [0.3, 0.4) is 0 Å². The Hall–Kier alpha value is -3.05. The van der Waals surface area contributed by atoms with Crippen molar-refractivity contribution in [1.29, 1.82) is 0 Å². The van der Waals surface area contributed by atoms with Crippen LogP contribution in [0.1, 0.15) is 21.6 Å². The number of carbonyl (C=O) groups excluding carboxylic acids is 1. The number of furan rings is 1. The van der Waals surface area contributed by atoms with E-state index in [1.165, 1.54) is 0 Å². The molecule has 1 N–H and O–H groups in total. The summed E-state index contributed by atoms with van der Waals surface area (Å²) in [4.78, 5) is 16.7. The smallest absolute Gasteiger partial charge is 0.268 e. The highest BCUT2D eigenvalue weighted by atomic mass is 35.5. The number of pyridine rings is 1. The summed E-state index contributed by atoms with van der Waals surface area (Å²) >= 11 is 6.30. The molecule has 130 valence electrons. The number of aromatic nitrogens is 2. The summed E-state index contributed by atoms with van der Waals surface area (Å²) in [7, 11) is 0. The molecule has 0 aliphatic carbocycles. The number of halogens is 1. The molecule has 5 nitrogen and oxygen atoms in total. The number of fused-ring (bicyclic) bond motifs is 1. The van der Waals surface area contributed by atoms with Gasteiger partial charge in [0.25, 0.3) is 5.91 Å². The fraction of sp³-hybridized carbons (Fsp3) is 0.100. The Morgan fingerprint density at radius 2 is 1.96 bits per heavy atom. The fourth-order valence-electron chi connectivity index (χ4n) is 2.91. The average molecular weight is 366 g/mol. The predicted octanol–water partition coefficient (Wildman–Crippen LogP) is 4.26. The Morgan fingerprint density at radius 1 is 1.15 bits per heavy atom. The first-order chi connectivity index (χ1) is 12.7. The number of carbonyl (C=O) groups is 1. The van der Waals surface area contributed by atoms with Crippen molar-refractivity contribution in [2.24, 2.45) is 0 Å². The Labute approximate surface area is 155 Å². The van der Waals surface area contributed by atoms with Crippen molar-refractivity contribution in [3.05, 3.63) is 89.0 Å². The van der Waals surface area contributed by atoms with E-state index in [9.17, 15) is 4.79 Å². The molecule has 0 fully saturated rings. The second kappa shape index (κ2) is 7.06. The van der Waals surface area contributed by atoms with Gasteiger partial charge in [0.05, 0.1) is 11.8 Å². The Balaban J connectivity index is 1.63. The fourth-order valence-corrected chi connectivity index (χ4v) is 3.10. The molecule has 0 spiro atoms. The third-order valence-electron chi connectivity index (χ3n) is 4.24. The molecule has 3 heterocycles. The maximum atomic E-state index is 12.8. The van der Waals surface area contributed by atoms with Crippen molar-refractivity contribution in [3.63, 3.8) is 0 Å². The summed E-state index contributed by atoms with van der Waals surface area (Å²) in [5.41, 5.74) is 4.00. The number of rotatable bonds is 5. The van der Waals surface area contributed by atoms with Gasteiger partial charge < -0.3 is 14.3 Å². The molecule has 4 rings (SSSR count). The summed E-state index contributed by atoms with van der Waals surface area (Å²) in [6, 6.07) is 15.0. The largest absolute Gasteiger partial charge is 0.463 e. The summed E-state index contributed by atoms with van der Waals surface area (Å²) in [6.07, 6.45) is 5.02. The van der Waals surface area contributed by atoms with Gasteiger partial charge in [-0.3, -0.25) is 9.78 Å². The molecule has 26 heavy (non-hydrogen) atoms. The first kappa shape index (κ1) is 16.4. The van der Waals surface area contributed by atoms with Crippen LogP contribution in [-0.2, 0) is 13.1 Å². The summed E-state index contributed by atoms with van der Waals surface area (Å²) in [6.45, 7) is 0.917. The molecule has 4 aromatic rings. The van der Waals surface area contributed by atoms with Gasteiger partial charge in [0.15, 0.2) is 5.58 Å². The zero-order valence-corrected chi connectivity index (χ0v) is 14.6. The topological polar surface area (TPSA) is 60.1 Å². The lowest BCUT2D eigenvalue weighted by atomic mass is 10.2. The highest BCUT2D eigenvalue weighted by molar-refractivity contribution is 6.31. The van der Waals surface area contributed by atoms with Crippen molar-refractivity contribution < 1.29 is 9.21 Å². The van der Waals surface area contributed by atoms with E-state index in [2.05, 4.69) is 10.3 Å². The molecule has 0 aliphatic heterocycles. The van der Waals surface area contributed by atoms with Crippen molar-refractivity contribution >= 4 is 28.6 Å². The van der Waals surface area contributed by atoms with Gasteiger partial charge in [0, 0.05) is 42.6 Å². The molecule has 1 aromatic carbocycles. The van der Waals surface area contributed by atoms with E-state index >= 15 is 0 Å². The van der Waals surface area contributed by atoms with Crippen molar-refractivity contribution in [2.45, 2.75) is 13.1 Å². The van der Waals surface area contributed by atoms with Gasteiger partial charge in [-0.1, -0.05) is 29.8 Å². The number of benzene rings is 1. The second-order valence-electron chi connectivity index (χ2n) is 5.92. The molecule has 0 bridgehead atoms. The first-order valence-electron chi connectivity index (χ1n) is 8.19. The van der Waals surface area contributed by atoms with Crippen LogP contribution >= 0.6 is 11.6 Å². The Bertz CT molecular complexity index is 1050. The molecular formula is C20H16ClN3O2. The number of hydrogen-bond acceptors (Lipinski definition) is 3. The van der Waals surface area contributed by atoms with E-state index in [1.807, 2.05) is 47.0 Å². The molecule has 0 unspecified atom stereocenters. The molecule has 0 aliphatic rings. The quantitative estimate of drug-likeness (QED) is 0.574. The Kier molecular flexibility index (Phi) is 4.46. The molecule has 0 saturated carbocycles. The number of nitrogens with zero attached hydrogens (tertiary/aromatic N) is 2. The predicted molar refractivity (Wildman–Crippen MR) is 100 cm³/mol. The van der Waals surface area contributed by atoms with E-state index in [1.54, 1.807) is 24.7 Å². The van der Waals surface area contributed by atoms with Crippen LogP contribution in [0.4, 0.5) is 0 Å². The van der Waals surface area contributed by atoms with E-state index in [4.69, 9.17) is 16.0 Å². The van der Waals surface area contributed by atoms with Crippen molar-refractivity contribution in [3.8, 4) is 0 Å². The van der Waals surface area contributed by atoms with Crippen LogP contribution in [0.5, 0.6) is 0 Å². The highest BCUT2D eigenvalue weighted by Gasteiger charge is 2.18. The highest BCUT2D eigenvalue weighted by Crippen LogP contribution is 2.25. The molecule has 0 atom stereocenters. The lowest BCUT2D eigenvalue weighted by Crippen LogP contribution is -2.25. The molecule has 6 heteroatoms. The third-order valence-corrected chi connectivity index (χ3v) is 4.61. The van der Waals surface area contributed by atoms with Gasteiger partial charge in [-0.15, -0.1) is 0 Å². The van der Waals surface area contributed by atoms with Crippen LogP contribution < -0.4 is 5.32 Å². The molecule has 1 amide bonds. The monoisotopic (exact) mass is 365 g/mol. The van der Waals surface area contributed by atoms with Gasteiger partial charge in [0.1, 0.15) is 5.69 Å². The minimum atomic E-state index is -0.166. The van der Waals surface area contributed by atoms with Crippen LogP contribution in [0.25, 0.3) is 11.1 Å². The minimum absolute atomic E-state index is 0.166. The van der Waals surface area contributed by atoms with Crippen LogP contribution in [0, 0.1) is 0 Å². The van der Waals surface area contributed by atoms with Gasteiger partial charge >= 0.3 is 0 Å². The van der Waals surface area contributed by atoms with Gasteiger partial charge in [-0.05, 0) is 29.3 Å². The van der Waals surface area contributed by atoms with E-state index in [0.717, 1.165) is 16.6 Å². The Morgan fingerprint density at radius 3 is 2.77 bits per heavy atom. The third kappa shape index (κ3) is 3.21. The molecular weight excluding hydrogens is 350 g/mol. The van der Waals surface area contributed by atoms with E-state index in [0.29, 0.717) is 29.4 Å². The molecule has 0 saturated heterocycles. The second-order valence-corrected chi connectivity index (χ2v) is 6.32. The average Bonchev–Trinajstić information content (AvgIpc) is 3.25. The SMILES string of the molecule is O=C(NCc1ccncc1)c1cc2occc2n1Cc1ccccc1Cl. The number of nitrogens with one attached hydrogen (secondary N) is 1. The van der Waals surface area contributed by atoms with Gasteiger partial charge in [0.2, 0.25) is 0 Å². The lowest BCUT2D eigenvalue weighted by Gasteiger charge is -2.12. The first-order valence-corrected chi connectivity index (χ1v) is 8.57. The van der Waals surface area contributed by atoms with Crippen LogP contribution in [0.15, 0.2) is 71.6 Å². The normalized spacial score (nSPS) is 11.0. The number of amides is 1. The lowest BCUT2D eigenvalue weighted by molar-refractivity contribution is 0.0942. The van der Waals surface area contributed by atoms with Crippen molar-refractivity contribution in [1.82, 2.24) is 14.9 Å². The van der Waals surface area contributed by atoms with Gasteiger partial charge in [-0.25, -0.2) is 0 Å². The summed E-state index contributed by atoms with van der Waals surface area (Å²) in [5, 5.41) is 3.61. The van der Waals surface area contributed by atoms with E-state index in [-0.39, 0.29) is 5.91 Å². The van der Waals surface area contributed by atoms with Gasteiger partial charge in [-0.2, -0.15) is 0 Å². The zero-order chi connectivity index (χ0) is 17.9. The van der Waals surface area contributed by atoms with Crippen LogP contribution in [0.2, 0.25) is 5.02 Å². The maximum Gasteiger partial charge on any atom is 0.268 e. The summed E-state index contributed by atoms with van der Waals surface area (Å²) in [5.74, 6) is -0.166. The van der Waals surface area contributed by atoms with E-state index < -0.39 is 0 Å². The standard InChI is InChI=1S/C20H16ClN3O2/c21-16-4-2-1-3-15(16)13-24-17-7-10-26-19(17)11-18(24)20(25)23-12-14-5-8-22-9-6-14/h1-11H,12-13H2,(H,23,25). The maximum absolute atomic E-state index is 12.8. The minimum Gasteiger partial charge on any atom is -0.463 e.